The molecule has 0 spiro atoms. The summed E-state index contributed by atoms with van der Waals surface area (Å²) in [6, 6.07) is 6.26. The van der Waals surface area contributed by atoms with Gasteiger partial charge in [-0.15, -0.1) is 0 Å². The molecule has 0 heterocycles. The van der Waals surface area contributed by atoms with Crippen LogP contribution in [-0.2, 0) is 0 Å². The Morgan fingerprint density at radius 2 is 2.05 bits per heavy atom. The lowest BCUT2D eigenvalue weighted by molar-refractivity contribution is 0.199. The van der Waals surface area contributed by atoms with Crippen molar-refractivity contribution in [3.63, 3.8) is 0 Å². The quantitative estimate of drug-likeness (QED) is 0.709. The molecule has 0 amide bonds. The SMILES string of the molecule is COc1ccc(C(CN)NC2CCCC2CO)cc1OC. The van der Waals surface area contributed by atoms with Gasteiger partial charge >= 0.3 is 0 Å². The lowest BCUT2D eigenvalue weighted by Gasteiger charge is -2.26. The molecule has 1 aromatic carbocycles. The van der Waals surface area contributed by atoms with Gasteiger partial charge in [0.05, 0.1) is 14.2 Å². The van der Waals surface area contributed by atoms with E-state index in [4.69, 9.17) is 15.2 Å². The number of hydrogen-bond acceptors (Lipinski definition) is 5. The van der Waals surface area contributed by atoms with E-state index in [0.29, 0.717) is 30.0 Å². The van der Waals surface area contributed by atoms with Crippen molar-refractivity contribution in [1.82, 2.24) is 5.32 Å². The Hall–Kier alpha value is -1.30. The van der Waals surface area contributed by atoms with Gasteiger partial charge < -0.3 is 25.6 Å². The molecule has 2 rings (SSSR count). The summed E-state index contributed by atoms with van der Waals surface area (Å²) in [4.78, 5) is 0. The average Bonchev–Trinajstić information content (AvgIpc) is 2.99. The van der Waals surface area contributed by atoms with E-state index in [1.54, 1.807) is 14.2 Å². The third-order valence-corrected chi connectivity index (χ3v) is 4.35. The maximum absolute atomic E-state index is 9.44. The van der Waals surface area contributed by atoms with Gasteiger partial charge in [-0.05, 0) is 36.5 Å². The van der Waals surface area contributed by atoms with Crippen LogP contribution in [-0.4, -0.2) is 38.5 Å². The van der Waals surface area contributed by atoms with Crippen molar-refractivity contribution in [1.29, 1.82) is 0 Å². The fourth-order valence-corrected chi connectivity index (χ4v) is 3.10. The highest BCUT2D eigenvalue weighted by Crippen LogP contribution is 2.32. The molecule has 0 saturated heterocycles. The molecular weight excluding hydrogens is 268 g/mol. The number of methoxy groups -OCH3 is 2. The van der Waals surface area contributed by atoms with Crippen LogP contribution in [0.4, 0.5) is 0 Å². The number of benzene rings is 1. The van der Waals surface area contributed by atoms with Crippen LogP contribution in [0, 0.1) is 5.92 Å². The molecule has 1 aromatic rings. The Morgan fingerprint density at radius 1 is 1.29 bits per heavy atom. The first-order valence-electron chi connectivity index (χ1n) is 7.52. The molecule has 0 aliphatic heterocycles. The van der Waals surface area contributed by atoms with Gasteiger partial charge in [0, 0.05) is 25.2 Å². The summed E-state index contributed by atoms with van der Waals surface area (Å²) in [5.74, 6) is 1.76. The van der Waals surface area contributed by atoms with Gasteiger partial charge in [0.25, 0.3) is 0 Å². The highest BCUT2D eigenvalue weighted by Gasteiger charge is 2.28. The number of nitrogens with two attached hydrogens (primary N) is 1. The largest absolute Gasteiger partial charge is 0.493 e. The Morgan fingerprint density at radius 3 is 2.67 bits per heavy atom. The monoisotopic (exact) mass is 294 g/mol. The van der Waals surface area contributed by atoms with E-state index in [2.05, 4.69) is 5.32 Å². The first-order valence-corrected chi connectivity index (χ1v) is 7.52. The van der Waals surface area contributed by atoms with Gasteiger partial charge in [0.2, 0.25) is 0 Å². The molecule has 3 atom stereocenters. The summed E-state index contributed by atoms with van der Waals surface area (Å²) in [6.07, 6.45) is 3.33. The lowest BCUT2D eigenvalue weighted by Crippen LogP contribution is -2.39. The van der Waals surface area contributed by atoms with Crippen LogP contribution in [0.2, 0.25) is 0 Å². The van der Waals surface area contributed by atoms with Crippen molar-refractivity contribution < 1.29 is 14.6 Å². The second kappa shape index (κ2) is 7.64. The molecule has 1 aliphatic rings. The molecular formula is C16H26N2O3. The van der Waals surface area contributed by atoms with Gasteiger partial charge in [-0.3, -0.25) is 0 Å². The summed E-state index contributed by atoms with van der Waals surface area (Å²) in [7, 11) is 3.26. The number of nitrogens with one attached hydrogen (secondary N) is 1. The van der Waals surface area contributed by atoms with Crippen molar-refractivity contribution >= 4 is 0 Å². The van der Waals surface area contributed by atoms with Crippen LogP contribution in [0.15, 0.2) is 18.2 Å². The summed E-state index contributed by atoms with van der Waals surface area (Å²) in [6.45, 7) is 0.741. The van der Waals surface area contributed by atoms with Crippen LogP contribution in [0.1, 0.15) is 30.9 Å². The van der Waals surface area contributed by atoms with E-state index in [9.17, 15) is 5.11 Å². The number of aliphatic hydroxyl groups is 1. The zero-order valence-corrected chi connectivity index (χ0v) is 12.8. The number of ether oxygens (including phenoxy) is 2. The third kappa shape index (κ3) is 3.67. The third-order valence-electron chi connectivity index (χ3n) is 4.35. The lowest BCUT2D eigenvalue weighted by atomic mass is 10.0. The molecule has 1 aliphatic carbocycles. The zero-order valence-electron chi connectivity index (χ0n) is 12.8. The van der Waals surface area contributed by atoms with Crippen molar-refractivity contribution in [3.8, 4) is 11.5 Å². The van der Waals surface area contributed by atoms with Crippen LogP contribution in [0.25, 0.3) is 0 Å². The Balaban J connectivity index is 2.13. The Bertz CT molecular complexity index is 453. The molecule has 5 nitrogen and oxygen atoms in total. The standard InChI is InChI=1S/C16H26N2O3/c1-20-15-7-6-11(8-16(15)21-2)14(9-17)18-13-5-3-4-12(13)10-19/h6-8,12-14,18-19H,3-5,9-10,17H2,1-2H3. The van der Waals surface area contributed by atoms with Crippen molar-refractivity contribution in [2.75, 3.05) is 27.4 Å². The first-order chi connectivity index (χ1) is 10.2. The van der Waals surface area contributed by atoms with Gasteiger partial charge in [-0.25, -0.2) is 0 Å². The fraction of sp³-hybridized carbons (Fsp3) is 0.625. The minimum Gasteiger partial charge on any atom is -0.493 e. The number of rotatable bonds is 7. The van der Waals surface area contributed by atoms with Crippen LogP contribution in [0.5, 0.6) is 11.5 Å². The summed E-state index contributed by atoms with van der Waals surface area (Å²) < 4.78 is 10.6. The van der Waals surface area contributed by atoms with E-state index in [1.165, 1.54) is 0 Å². The van der Waals surface area contributed by atoms with E-state index >= 15 is 0 Å². The van der Waals surface area contributed by atoms with Gasteiger partial charge in [-0.2, -0.15) is 0 Å². The Kier molecular flexibility index (Phi) is 5.85. The van der Waals surface area contributed by atoms with Crippen LogP contribution < -0.4 is 20.5 Å². The molecule has 1 fully saturated rings. The molecule has 118 valence electrons. The zero-order chi connectivity index (χ0) is 15.2. The maximum atomic E-state index is 9.44. The Labute approximate surface area is 126 Å². The van der Waals surface area contributed by atoms with E-state index in [-0.39, 0.29) is 12.6 Å². The highest BCUT2D eigenvalue weighted by atomic mass is 16.5. The van der Waals surface area contributed by atoms with Gasteiger partial charge in [0.1, 0.15) is 0 Å². The minimum atomic E-state index is 0.0574. The summed E-state index contributed by atoms with van der Waals surface area (Å²) >= 11 is 0. The van der Waals surface area contributed by atoms with Crippen molar-refractivity contribution in [3.05, 3.63) is 23.8 Å². The molecule has 3 unspecified atom stereocenters. The number of aliphatic hydroxyl groups excluding tert-OH is 1. The first kappa shape index (κ1) is 16.1. The fourth-order valence-electron chi connectivity index (χ4n) is 3.10. The maximum Gasteiger partial charge on any atom is 0.161 e. The van der Waals surface area contributed by atoms with Gasteiger partial charge in [-0.1, -0.05) is 12.5 Å². The second-order valence-corrected chi connectivity index (χ2v) is 5.55. The van der Waals surface area contributed by atoms with Crippen LogP contribution >= 0.6 is 0 Å². The average molecular weight is 294 g/mol. The number of hydrogen-bond donors (Lipinski definition) is 3. The smallest absolute Gasteiger partial charge is 0.161 e. The minimum absolute atomic E-state index is 0.0574. The molecule has 5 heteroatoms. The van der Waals surface area contributed by atoms with Gasteiger partial charge in [0.15, 0.2) is 11.5 Å². The predicted molar refractivity (Wildman–Crippen MR) is 82.7 cm³/mol. The summed E-state index contributed by atoms with van der Waals surface area (Å²) in [5, 5.41) is 13.0. The molecule has 0 radical (unpaired) electrons. The normalized spacial score (nSPS) is 23.0. The second-order valence-electron chi connectivity index (χ2n) is 5.55. The molecule has 1 saturated carbocycles. The molecule has 21 heavy (non-hydrogen) atoms. The summed E-state index contributed by atoms with van der Waals surface area (Å²) in [5.41, 5.74) is 7.02. The van der Waals surface area contributed by atoms with Crippen LogP contribution in [0.3, 0.4) is 0 Å². The molecule has 0 aromatic heterocycles. The van der Waals surface area contributed by atoms with E-state index in [1.807, 2.05) is 18.2 Å². The molecule has 0 bridgehead atoms. The predicted octanol–water partition coefficient (Wildman–Crippen LogP) is 1.45. The van der Waals surface area contributed by atoms with Crippen molar-refractivity contribution in [2.24, 2.45) is 11.7 Å². The molecule has 4 N–H and O–H groups in total. The van der Waals surface area contributed by atoms with E-state index < -0.39 is 0 Å². The highest BCUT2D eigenvalue weighted by molar-refractivity contribution is 5.43. The van der Waals surface area contributed by atoms with Crippen molar-refractivity contribution in [2.45, 2.75) is 31.3 Å². The topological polar surface area (TPSA) is 76.7 Å². The van der Waals surface area contributed by atoms with E-state index in [0.717, 1.165) is 24.8 Å².